The van der Waals surface area contributed by atoms with E-state index < -0.39 is 0 Å². The van der Waals surface area contributed by atoms with Gasteiger partial charge in [-0.15, -0.1) is 5.92 Å². The van der Waals surface area contributed by atoms with Gasteiger partial charge in [0.05, 0.1) is 0 Å². The highest BCUT2D eigenvalue weighted by molar-refractivity contribution is 5.41. The molecule has 0 radical (unpaired) electrons. The van der Waals surface area contributed by atoms with Crippen molar-refractivity contribution in [2.45, 2.75) is 34.6 Å². The van der Waals surface area contributed by atoms with Gasteiger partial charge in [0.1, 0.15) is 0 Å². The number of rotatable bonds is 0. The highest BCUT2D eigenvalue weighted by Crippen LogP contribution is 2.00. The second-order valence-corrected chi connectivity index (χ2v) is 2.22. The molecule has 2 N–H and O–H groups in total. The molecule has 0 fully saturated rings. The van der Waals surface area contributed by atoms with Crippen LogP contribution in [0.15, 0.2) is 24.3 Å². The molecule has 0 unspecified atom stereocenters. The number of benzene rings is 1. The van der Waals surface area contributed by atoms with Crippen LogP contribution >= 0.6 is 0 Å². The van der Waals surface area contributed by atoms with Crippen molar-refractivity contribution in [3.05, 3.63) is 35.4 Å². The lowest BCUT2D eigenvalue weighted by atomic mass is 10.1. The van der Waals surface area contributed by atoms with Crippen LogP contribution in [0.2, 0.25) is 0 Å². The molecule has 0 spiro atoms. The summed E-state index contributed by atoms with van der Waals surface area (Å²) < 4.78 is 0. The van der Waals surface area contributed by atoms with E-state index in [-0.39, 0.29) is 0 Å². The number of hydrogen-bond donors (Lipinski definition) is 1. The predicted octanol–water partition coefficient (Wildman–Crippen LogP) is 3.38. The van der Waals surface area contributed by atoms with Gasteiger partial charge in [-0.3, -0.25) is 0 Å². The summed E-state index contributed by atoms with van der Waals surface area (Å²) in [4.78, 5) is 0. The van der Waals surface area contributed by atoms with Crippen molar-refractivity contribution in [1.82, 2.24) is 0 Å². The molecule has 0 saturated heterocycles. The molecule has 1 rings (SSSR count). The Labute approximate surface area is 100 Å². The van der Waals surface area contributed by atoms with Crippen molar-refractivity contribution in [2.75, 3.05) is 0 Å². The molecule has 0 heterocycles. The van der Waals surface area contributed by atoms with Crippen LogP contribution in [0.3, 0.4) is 0 Å². The molecule has 0 aliphatic heterocycles. The molecule has 0 aliphatic carbocycles. The molecule has 0 atom stereocenters. The van der Waals surface area contributed by atoms with Crippen LogP contribution in [0.5, 0.6) is 0 Å². The second-order valence-electron chi connectivity index (χ2n) is 2.22. The van der Waals surface area contributed by atoms with E-state index in [2.05, 4.69) is 23.8 Å². The lowest BCUT2D eigenvalue weighted by Gasteiger charge is -1.90. The van der Waals surface area contributed by atoms with E-state index in [4.69, 9.17) is 5.73 Å². The second kappa shape index (κ2) is 13.1. The molecule has 1 nitrogen and oxygen atoms in total. The normalized spacial score (nSPS) is 6.31. The SMILES string of the molecule is CC.CC.CC#Cc1ccc(C#CN)cc1. The zero-order valence-electron chi connectivity index (χ0n) is 10.9. The first kappa shape index (κ1) is 16.6. The number of nitrogens with two attached hydrogens (primary N) is 1. The zero-order valence-corrected chi connectivity index (χ0v) is 10.9. The van der Waals surface area contributed by atoms with E-state index >= 15 is 0 Å². The topological polar surface area (TPSA) is 26.0 Å². The molecule has 1 aromatic carbocycles. The fourth-order valence-corrected chi connectivity index (χ4v) is 0.865. The Morgan fingerprint density at radius 3 is 1.50 bits per heavy atom. The van der Waals surface area contributed by atoms with Crippen LogP contribution < -0.4 is 5.73 Å². The monoisotopic (exact) mass is 215 g/mol. The molecule has 1 heteroatoms. The Kier molecular flexibility index (Phi) is 13.6. The van der Waals surface area contributed by atoms with Crippen LogP contribution in [0, 0.1) is 23.8 Å². The van der Waals surface area contributed by atoms with E-state index in [0.29, 0.717) is 0 Å². The Morgan fingerprint density at radius 2 is 1.19 bits per heavy atom. The first-order valence-electron chi connectivity index (χ1n) is 5.61. The van der Waals surface area contributed by atoms with Crippen LogP contribution in [0.25, 0.3) is 0 Å². The Morgan fingerprint density at radius 1 is 0.812 bits per heavy atom. The van der Waals surface area contributed by atoms with Crippen molar-refractivity contribution in [1.29, 1.82) is 0 Å². The molecule has 0 aromatic heterocycles. The minimum absolute atomic E-state index is 0.916. The number of hydrogen-bond acceptors (Lipinski definition) is 1. The summed E-state index contributed by atoms with van der Waals surface area (Å²) >= 11 is 0. The van der Waals surface area contributed by atoms with Gasteiger partial charge < -0.3 is 5.73 Å². The van der Waals surface area contributed by atoms with Crippen LogP contribution in [-0.4, -0.2) is 0 Å². The van der Waals surface area contributed by atoms with Crippen molar-refractivity contribution >= 4 is 0 Å². The molecular weight excluding hydrogens is 194 g/mol. The lowest BCUT2D eigenvalue weighted by Crippen LogP contribution is -1.80. The summed E-state index contributed by atoms with van der Waals surface area (Å²) in [7, 11) is 0. The summed E-state index contributed by atoms with van der Waals surface area (Å²) in [6.45, 7) is 9.81. The Hall–Kier alpha value is -1.86. The standard InChI is InChI=1S/C11H9N.2C2H6/c1-2-3-10-4-6-11(7-5-10)8-9-12;2*1-2/h4-7H,12H2,1H3;2*1-2H3. The third-order valence-corrected chi connectivity index (χ3v) is 1.37. The molecule has 0 saturated carbocycles. The average Bonchev–Trinajstić information content (AvgIpc) is 2.37. The smallest absolute Gasteiger partial charge is 0.0264 e. The molecule has 1 aromatic rings. The molecular formula is C15H21N. The van der Waals surface area contributed by atoms with Gasteiger partial charge in [0, 0.05) is 17.2 Å². The minimum atomic E-state index is 0.916. The average molecular weight is 215 g/mol. The summed E-state index contributed by atoms with van der Waals surface area (Å²) in [5.41, 5.74) is 6.98. The Bertz CT molecular complexity index is 327. The maximum atomic E-state index is 5.07. The fraction of sp³-hybridized carbons (Fsp3) is 0.333. The first-order valence-corrected chi connectivity index (χ1v) is 5.61. The third kappa shape index (κ3) is 7.54. The van der Waals surface area contributed by atoms with Gasteiger partial charge in [-0.05, 0) is 37.1 Å². The summed E-state index contributed by atoms with van der Waals surface area (Å²) in [5.74, 6) is 8.53. The Balaban J connectivity index is 0. The van der Waals surface area contributed by atoms with Crippen molar-refractivity contribution in [3.8, 4) is 23.8 Å². The van der Waals surface area contributed by atoms with Crippen LogP contribution in [0.1, 0.15) is 45.7 Å². The fourth-order valence-electron chi connectivity index (χ4n) is 0.865. The quantitative estimate of drug-likeness (QED) is 0.521. The van der Waals surface area contributed by atoms with E-state index in [1.807, 2.05) is 58.9 Å². The van der Waals surface area contributed by atoms with Gasteiger partial charge in [0.2, 0.25) is 0 Å². The minimum Gasteiger partial charge on any atom is -0.359 e. The molecule has 86 valence electrons. The van der Waals surface area contributed by atoms with Crippen molar-refractivity contribution in [2.24, 2.45) is 5.73 Å². The first-order chi connectivity index (χ1) is 7.86. The van der Waals surface area contributed by atoms with Gasteiger partial charge in [-0.25, -0.2) is 0 Å². The largest absolute Gasteiger partial charge is 0.359 e. The maximum Gasteiger partial charge on any atom is 0.0264 e. The van der Waals surface area contributed by atoms with Crippen LogP contribution in [-0.2, 0) is 0 Å². The van der Waals surface area contributed by atoms with Gasteiger partial charge >= 0.3 is 0 Å². The lowest BCUT2D eigenvalue weighted by molar-refractivity contribution is 1.50. The van der Waals surface area contributed by atoms with Crippen molar-refractivity contribution < 1.29 is 0 Å². The zero-order chi connectivity index (χ0) is 12.8. The van der Waals surface area contributed by atoms with E-state index in [1.54, 1.807) is 0 Å². The molecule has 0 amide bonds. The summed E-state index contributed by atoms with van der Waals surface area (Å²) in [6.07, 6.45) is 0. The van der Waals surface area contributed by atoms with Gasteiger partial charge in [-0.1, -0.05) is 33.6 Å². The molecule has 0 bridgehead atoms. The highest BCUT2D eigenvalue weighted by Gasteiger charge is 1.86. The van der Waals surface area contributed by atoms with Gasteiger partial charge in [0.25, 0.3) is 0 Å². The highest BCUT2D eigenvalue weighted by atomic mass is 14.5. The third-order valence-electron chi connectivity index (χ3n) is 1.37. The van der Waals surface area contributed by atoms with E-state index in [0.717, 1.165) is 11.1 Å². The van der Waals surface area contributed by atoms with Crippen LogP contribution in [0.4, 0.5) is 0 Å². The summed E-state index contributed by atoms with van der Waals surface area (Å²) in [5, 5.41) is 0. The van der Waals surface area contributed by atoms with E-state index in [1.165, 1.54) is 0 Å². The molecule has 0 aliphatic rings. The molecule has 16 heavy (non-hydrogen) atoms. The summed E-state index contributed by atoms with van der Waals surface area (Å²) in [6, 6.07) is 10.0. The van der Waals surface area contributed by atoms with E-state index in [9.17, 15) is 0 Å². The van der Waals surface area contributed by atoms with Crippen molar-refractivity contribution in [3.63, 3.8) is 0 Å². The van der Waals surface area contributed by atoms with Gasteiger partial charge in [-0.2, -0.15) is 0 Å². The predicted molar refractivity (Wildman–Crippen MR) is 72.8 cm³/mol. The van der Waals surface area contributed by atoms with Gasteiger partial charge in [0.15, 0.2) is 0 Å². The maximum absolute atomic E-state index is 5.07.